The number of morpholine rings is 1. The van der Waals surface area contributed by atoms with Crippen LogP contribution in [0.2, 0.25) is 0 Å². The fourth-order valence-corrected chi connectivity index (χ4v) is 1.99. The number of pyridine rings is 1. The summed E-state index contributed by atoms with van der Waals surface area (Å²) in [4.78, 5) is 18.2. The van der Waals surface area contributed by atoms with E-state index in [2.05, 4.69) is 10.4 Å². The maximum Gasteiger partial charge on any atom is 0.272 e. The van der Waals surface area contributed by atoms with E-state index in [1.54, 1.807) is 23.1 Å². The van der Waals surface area contributed by atoms with Gasteiger partial charge in [-0.15, -0.1) is 0 Å². The molecule has 0 unspecified atom stereocenters. The van der Waals surface area contributed by atoms with Crippen molar-refractivity contribution >= 4 is 11.7 Å². The number of carbonyl (C=O) groups excluding carboxylic acids is 1. The number of amides is 1. The summed E-state index contributed by atoms with van der Waals surface area (Å²) in [6, 6.07) is 5.15. The lowest BCUT2D eigenvalue weighted by atomic mass is 10.1. The Morgan fingerprint density at radius 1 is 1.56 bits per heavy atom. The molecule has 1 amide bonds. The molecule has 0 radical (unpaired) electrons. The summed E-state index contributed by atoms with van der Waals surface area (Å²) >= 11 is 0. The number of aromatic nitrogens is 1. The van der Waals surface area contributed by atoms with Gasteiger partial charge in [-0.05, 0) is 26.0 Å². The van der Waals surface area contributed by atoms with E-state index in [9.17, 15) is 4.79 Å². The second-order valence-electron chi connectivity index (χ2n) is 4.89. The molecule has 1 aromatic rings. The SMILES string of the molecule is CC1(C)CN(C(=O)c2cccc(NN)n2)CCO1. The van der Waals surface area contributed by atoms with Gasteiger partial charge in [0, 0.05) is 13.1 Å². The quantitative estimate of drug-likeness (QED) is 0.594. The number of nitrogens with two attached hydrogens (primary N) is 1. The van der Waals surface area contributed by atoms with E-state index in [-0.39, 0.29) is 11.5 Å². The summed E-state index contributed by atoms with van der Waals surface area (Å²) in [5.74, 6) is 5.67. The topological polar surface area (TPSA) is 80.5 Å². The first-order valence-corrected chi connectivity index (χ1v) is 5.89. The van der Waals surface area contributed by atoms with Crippen LogP contribution < -0.4 is 11.3 Å². The van der Waals surface area contributed by atoms with Crippen molar-refractivity contribution in [3.8, 4) is 0 Å². The lowest BCUT2D eigenvalue weighted by Crippen LogP contribution is -2.50. The van der Waals surface area contributed by atoms with Crippen molar-refractivity contribution in [2.24, 2.45) is 5.84 Å². The van der Waals surface area contributed by atoms with Gasteiger partial charge in [0.1, 0.15) is 11.5 Å². The first-order valence-electron chi connectivity index (χ1n) is 5.89. The third-order valence-corrected chi connectivity index (χ3v) is 2.83. The highest BCUT2D eigenvalue weighted by atomic mass is 16.5. The lowest BCUT2D eigenvalue weighted by Gasteiger charge is -2.37. The zero-order valence-electron chi connectivity index (χ0n) is 10.6. The Kier molecular flexibility index (Phi) is 3.49. The molecule has 0 aliphatic carbocycles. The number of hydrogen-bond donors (Lipinski definition) is 2. The molecule has 1 saturated heterocycles. The van der Waals surface area contributed by atoms with Crippen LogP contribution in [0.5, 0.6) is 0 Å². The van der Waals surface area contributed by atoms with Crippen LogP contribution in [0.3, 0.4) is 0 Å². The Balaban J connectivity index is 2.15. The molecule has 0 spiro atoms. The minimum absolute atomic E-state index is 0.0940. The van der Waals surface area contributed by atoms with Crippen LogP contribution in [-0.4, -0.2) is 41.1 Å². The molecule has 2 rings (SSSR count). The Hall–Kier alpha value is -1.66. The number of rotatable bonds is 2. The second kappa shape index (κ2) is 4.91. The van der Waals surface area contributed by atoms with Crippen molar-refractivity contribution in [3.63, 3.8) is 0 Å². The molecular formula is C12H18N4O2. The van der Waals surface area contributed by atoms with E-state index in [0.717, 1.165) is 0 Å². The van der Waals surface area contributed by atoms with Gasteiger partial charge in [-0.1, -0.05) is 6.07 Å². The van der Waals surface area contributed by atoms with E-state index in [4.69, 9.17) is 10.6 Å². The Morgan fingerprint density at radius 2 is 2.33 bits per heavy atom. The fourth-order valence-electron chi connectivity index (χ4n) is 1.99. The van der Waals surface area contributed by atoms with Crippen molar-refractivity contribution in [2.45, 2.75) is 19.4 Å². The maximum atomic E-state index is 12.3. The number of hydrazine groups is 1. The second-order valence-corrected chi connectivity index (χ2v) is 4.89. The number of anilines is 1. The molecular weight excluding hydrogens is 232 g/mol. The van der Waals surface area contributed by atoms with Crippen LogP contribution in [0.4, 0.5) is 5.82 Å². The van der Waals surface area contributed by atoms with Gasteiger partial charge in [0.2, 0.25) is 0 Å². The van der Waals surface area contributed by atoms with Crippen LogP contribution in [0.15, 0.2) is 18.2 Å². The number of ether oxygens (including phenoxy) is 1. The number of nitrogens with one attached hydrogen (secondary N) is 1. The molecule has 2 heterocycles. The van der Waals surface area contributed by atoms with Crippen LogP contribution in [0.1, 0.15) is 24.3 Å². The van der Waals surface area contributed by atoms with E-state index in [0.29, 0.717) is 31.2 Å². The molecule has 1 fully saturated rings. The van der Waals surface area contributed by atoms with Crippen molar-refractivity contribution in [3.05, 3.63) is 23.9 Å². The van der Waals surface area contributed by atoms with E-state index in [1.807, 2.05) is 13.8 Å². The monoisotopic (exact) mass is 250 g/mol. The standard InChI is InChI=1S/C12H18N4O2/c1-12(2)8-16(6-7-18-12)11(17)9-4-3-5-10(14-9)15-13/h3-5H,6-8,13H2,1-2H3,(H,14,15). The third-order valence-electron chi connectivity index (χ3n) is 2.83. The minimum Gasteiger partial charge on any atom is -0.372 e. The van der Waals surface area contributed by atoms with E-state index < -0.39 is 0 Å². The number of nitrogens with zero attached hydrogens (tertiary/aromatic N) is 2. The van der Waals surface area contributed by atoms with Gasteiger partial charge in [-0.2, -0.15) is 0 Å². The summed E-state index contributed by atoms with van der Waals surface area (Å²) in [5.41, 5.74) is 2.52. The maximum absolute atomic E-state index is 12.3. The van der Waals surface area contributed by atoms with Crippen molar-refractivity contribution in [1.29, 1.82) is 0 Å². The molecule has 3 N–H and O–H groups in total. The number of nitrogen functional groups attached to an aromatic ring is 1. The van der Waals surface area contributed by atoms with Crippen molar-refractivity contribution in [1.82, 2.24) is 9.88 Å². The summed E-state index contributed by atoms with van der Waals surface area (Å²) in [7, 11) is 0. The van der Waals surface area contributed by atoms with Gasteiger partial charge in [-0.3, -0.25) is 4.79 Å². The van der Waals surface area contributed by atoms with Crippen molar-refractivity contribution < 1.29 is 9.53 Å². The Morgan fingerprint density at radius 3 is 3.00 bits per heavy atom. The molecule has 0 atom stereocenters. The zero-order valence-corrected chi connectivity index (χ0v) is 10.6. The van der Waals surface area contributed by atoms with Crippen LogP contribution in [0, 0.1) is 0 Å². The van der Waals surface area contributed by atoms with Gasteiger partial charge in [0.05, 0.1) is 12.2 Å². The van der Waals surface area contributed by atoms with E-state index in [1.165, 1.54) is 0 Å². The first-order chi connectivity index (χ1) is 8.52. The molecule has 98 valence electrons. The molecule has 1 aliphatic rings. The van der Waals surface area contributed by atoms with Gasteiger partial charge in [0.25, 0.3) is 5.91 Å². The molecule has 6 nitrogen and oxygen atoms in total. The van der Waals surface area contributed by atoms with Crippen molar-refractivity contribution in [2.75, 3.05) is 25.1 Å². The van der Waals surface area contributed by atoms with Crippen LogP contribution in [-0.2, 0) is 4.74 Å². The van der Waals surface area contributed by atoms with E-state index >= 15 is 0 Å². The highest BCUT2D eigenvalue weighted by molar-refractivity contribution is 5.92. The average molecular weight is 250 g/mol. The molecule has 0 bridgehead atoms. The predicted molar refractivity (Wildman–Crippen MR) is 68.0 cm³/mol. The zero-order chi connectivity index (χ0) is 13.2. The molecule has 6 heteroatoms. The molecule has 1 aromatic heterocycles. The normalized spacial score (nSPS) is 18.5. The Labute approximate surface area is 106 Å². The van der Waals surface area contributed by atoms with Gasteiger partial charge < -0.3 is 15.1 Å². The average Bonchev–Trinajstić information content (AvgIpc) is 2.37. The third kappa shape index (κ3) is 2.77. The summed E-state index contributed by atoms with van der Waals surface area (Å²) in [6.45, 7) is 5.64. The first kappa shape index (κ1) is 12.8. The largest absolute Gasteiger partial charge is 0.372 e. The smallest absolute Gasteiger partial charge is 0.272 e. The fraction of sp³-hybridized carbons (Fsp3) is 0.500. The molecule has 0 saturated carbocycles. The summed E-state index contributed by atoms with van der Waals surface area (Å²) in [5, 5.41) is 0. The van der Waals surface area contributed by atoms with Gasteiger partial charge in [-0.25, -0.2) is 10.8 Å². The molecule has 18 heavy (non-hydrogen) atoms. The lowest BCUT2D eigenvalue weighted by molar-refractivity contribution is -0.0765. The van der Waals surface area contributed by atoms with Crippen LogP contribution in [0.25, 0.3) is 0 Å². The minimum atomic E-state index is -0.308. The highest BCUT2D eigenvalue weighted by Crippen LogP contribution is 2.18. The predicted octanol–water partition coefficient (Wildman–Crippen LogP) is 0.618. The van der Waals surface area contributed by atoms with Gasteiger partial charge in [0.15, 0.2) is 0 Å². The number of carbonyl (C=O) groups is 1. The molecule has 1 aliphatic heterocycles. The van der Waals surface area contributed by atoms with Crippen LogP contribution >= 0.6 is 0 Å². The van der Waals surface area contributed by atoms with Gasteiger partial charge >= 0.3 is 0 Å². The Bertz CT molecular complexity index is 447. The molecule has 0 aromatic carbocycles. The highest BCUT2D eigenvalue weighted by Gasteiger charge is 2.30. The summed E-state index contributed by atoms with van der Waals surface area (Å²) in [6.07, 6.45) is 0. The summed E-state index contributed by atoms with van der Waals surface area (Å²) < 4.78 is 5.58. The number of hydrogen-bond acceptors (Lipinski definition) is 5.